The van der Waals surface area contributed by atoms with Crippen molar-refractivity contribution >= 4 is 28.1 Å². The Hall–Kier alpha value is -1.00. The van der Waals surface area contributed by atoms with Crippen LogP contribution in [0.25, 0.3) is 11.1 Å². The highest BCUT2D eigenvalue weighted by atomic mass is 79.9. The number of rotatable bonds is 2. The van der Waals surface area contributed by atoms with E-state index in [1.165, 1.54) is 0 Å². The third kappa shape index (κ3) is 2.39. The van der Waals surface area contributed by atoms with Crippen LogP contribution in [-0.4, -0.2) is 9.55 Å². The molecule has 1 aromatic heterocycles. The molecule has 0 unspecified atom stereocenters. The monoisotopic (exact) mass is 294 g/mol. The predicted molar refractivity (Wildman–Crippen MR) is 71.9 cm³/mol. The molecule has 82 valence electrons. The molecule has 4 heteroatoms. The summed E-state index contributed by atoms with van der Waals surface area (Å²) >= 11 is 8.66. The second kappa shape index (κ2) is 4.89. The largest absolute Gasteiger partial charge is 0.339 e. The number of benzene rings is 1. The fraction of sp³-hybridized carbons (Fsp3) is 0.167. The van der Waals surface area contributed by atoms with E-state index in [-0.39, 0.29) is 0 Å². The van der Waals surface area contributed by atoms with Gasteiger partial charge in [-0.3, -0.25) is 0 Å². The highest BCUT2D eigenvalue weighted by Gasteiger charge is 2.01. The molecule has 2 nitrogen and oxygen atoms in total. The van der Waals surface area contributed by atoms with Gasteiger partial charge >= 0.3 is 0 Å². The Morgan fingerprint density at radius 1 is 1.31 bits per heavy atom. The van der Waals surface area contributed by atoms with E-state index in [1.807, 2.05) is 35.0 Å². The lowest BCUT2D eigenvalue weighted by atomic mass is 10.1. The lowest BCUT2D eigenvalue weighted by Crippen LogP contribution is -1.97. The van der Waals surface area contributed by atoms with Gasteiger partial charge in [-0.05, 0) is 24.6 Å². The molecule has 0 spiro atoms. The first-order chi connectivity index (χ1) is 7.70. The Morgan fingerprint density at radius 2 is 2.00 bits per heavy atom. The van der Waals surface area contributed by atoms with Gasteiger partial charge < -0.3 is 4.57 Å². The van der Waals surface area contributed by atoms with E-state index in [9.17, 15) is 0 Å². The summed E-state index contributed by atoms with van der Waals surface area (Å²) in [7, 11) is 0. The summed E-state index contributed by atoms with van der Waals surface area (Å²) in [5.74, 6) is 0. The van der Waals surface area contributed by atoms with Crippen LogP contribution < -0.4 is 0 Å². The fourth-order valence-corrected chi connectivity index (χ4v) is 1.93. The molecule has 0 aliphatic rings. The molecule has 0 saturated carbocycles. The maximum absolute atomic E-state index is 5.24. The Kier molecular flexibility index (Phi) is 3.51. The van der Waals surface area contributed by atoms with Crippen LogP contribution in [-0.2, 0) is 6.54 Å². The smallest absolute Gasteiger partial charge is 0.137 e. The van der Waals surface area contributed by atoms with Gasteiger partial charge in [-0.2, -0.15) is 0 Å². The zero-order chi connectivity index (χ0) is 11.5. The average molecular weight is 295 g/mol. The Balaban J connectivity index is 2.54. The molecule has 2 aromatic rings. The van der Waals surface area contributed by atoms with Crippen molar-refractivity contribution in [2.24, 2.45) is 0 Å². The molecule has 0 bridgehead atoms. The molecular weight excluding hydrogens is 284 g/mol. The highest BCUT2D eigenvalue weighted by molar-refractivity contribution is 9.10. The van der Waals surface area contributed by atoms with Crippen LogP contribution in [0, 0.1) is 4.64 Å². The third-order valence-corrected chi connectivity index (χ3v) is 3.22. The lowest BCUT2D eigenvalue weighted by Gasteiger charge is -2.06. The third-order valence-electron chi connectivity index (χ3n) is 2.37. The molecule has 0 N–H and O–H groups in total. The molecule has 2 rings (SSSR count). The molecular formula is C12H11BrN2S. The summed E-state index contributed by atoms with van der Waals surface area (Å²) in [5, 5.41) is 0. The number of aromatic nitrogens is 2. The Labute approximate surface area is 108 Å². The van der Waals surface area contributed by atoms with E-state index in [4.69, 9.17) is 12.2 Å². The molecule has 0 saturated heterocycles. The summed E-state index contributed by atoms with van der Waals surface area (Å²) in [6, 6.07) is 8.09. The topological polar surface area (TPSA) is 17.8 Å². The van der Waals surface area contributed by atoms with Crippen LogP contribution in [0.1, 0.15) is 6.92 Å². The number of nitrogens with zero attached hydrogens (tertiary/aromatic N) is 2. The van der Waals surface area contributed by atoms with Gasteiger partial charge in [-0.1, -0.05) is 40.3 Å². The van der Waals surface area contributed by atoms with Crippen LogP contribution in [0.5, 0.6) is 0 Å². The first-order valence-corrected chi connectivity index (χ1v) is 6.23. The summed E-state index contributed by atoms with van der Waals surface area (Å²) < 4.78 is 3.73. The van der Waals surface area contributed by atoms with Gasteiger partial charge in [0, 0.05) is 22.8 Å². The minimum atomic E-state index is 0.645. The van der Waals surface area contributed by atoms with Crippen molar-refractivity contribution in [1.29, 1.82) is 0 Å². The van der Waals surface area contributed by atoms with Crippen molar-refractivity contribution in [3.8, 4) is 11.1 Å². The standard InChI is InChI=1S/C12H11BrN2S/c1-2-15-7-11(12(16)14-8-15)9-3-5-10(13)6-4-9/h3-8H,2H2,1H3. The molecule has 1 aromatic carbocycles. The van der Waals surface area contributed by atoms with Crippen molar-refractivity contribution in [2.45, 2.75) is 13.5 Å². The molecule has 0 fully saturated rings. The first kappa shape index (κ1) is 11.5. The SMILES string of the molecule is CCn1cnc(=S)c(-c2ccc(Br)cc2)c1. The molecule has 0 radical (unpaired) electrons. The Bertz CT molecular complexity index is 546. The quantitative estimate of drug-likeness (QED) is 0.777. The van der Waals surface area contributed by atoms with E-state index in [0.29, 0.717) is 4.64 Å². The molecule has 0 amide bonds. The molecule has 16 heavy (non-hydrogen) atoms. The minimum absolute atomic E-state index is 0.645. The van der Waals surface area contributed by atoms with Gasteiger partial charge in [0.05, 0.1) is 6.33 Å². The normalized spacial score (nSPS) is 10.4. The fourth-order valence-electron chi connectivity index (χ4n) is 1.45. The second-order valence-electron chi connectivity index (χ2n) is 3.43. The number of hydrogen-bond donors (Lipinski definition) is 0. The Morgan fingerprint density at radius 3 is 2.62 bits per heavy atom. The van der Waals surface area contributed by atoms with E-state index in [2.05, 4.69) is 27.8 Å². The maximum atomic E-state index is 5.24. The average Bonchev–Trinajstić information content (AvgIpc) is 2.31. The van der Waals surface area contributed by atoms with E-state index in [1.54, 1.807) is 6.33 Å². The number of aryl methyl sites for hydroxylation is 1. The molecule has 1 heterocycles. The van der Waals surface area contributed by atoms with Crippen molar-refractivity contribution in [3.63, 3.8) is 0 Å². The van der Waals surface area contributed by atoms with Crippen molar-refractivity contribution in [1.82, 2.24) is 9.55 Å². The molecule has 0 atom stereocenters. The van der Waals surface area contributed by atoms with Crippen LogP contribution in [0.2, 0.25) is 0 Å². The van der Waals surface area contributed by atoms with Crippen LogP contribution in [0.4, 0.5) is 0 Å². The van der Waals surface area contributed by atoms with Gasteiger partial charge in [-0.15, -0.1) is 0 Å². The van der Waals surface area contributed by atoms with Crippen molar-refractivity contribution < 1.29 is 0 Å². The summed E-state index contributed by atoms with van der Waals surface area (Å²) in [6.07, 6.45) is 3.81. The van der Waals surface area contributed by atoms with Gasteiger partial charge in [0.15, 0.2) is 0 Å². The van der Waals surface area contributed by atoms with Gasteiger partial charge in [0.1, 0.15) is 4.64 Å². The van der Waals surface area contributed by atoms with Crippen molar-refractivity contribution in [3.05, 3.63) is 45.9 Å². The second-order valence-corrected chi connectivity index (χ2v) is 4.73. The van der Waals surface area contributed by atoms with Crippen LogP contribution >= 0.6 is 28.1 Å². The van der Waals surface area contributed by atoms with Crippen LogP contribution in [0.15, 0.2) is 41.3 Å². The predicted octanol–water partition coefficient (Wildman–Crippen LogP) is 4.06. The first-order valence-electron chi connectivity index (χ1n) is 5.02. The van der Waals surface area contributed by atoms with Crippen LogP contribution in [0.3, 0.4) is 0 Å². The van der Waals surface area contributed by atoms with Gasteiger partial charge in [0.25, 0.3) is 0 Å². The molecule has 0 aliphatic carbocycles. The lowest BCUT2D eigenvalue weighted by molar-refractivity contribution is 0.734. The summed E-state index contributed by atoms with van der Waals surface area (Å²) in [5.41, 5.74) is 2.11. The molecule has 0 aliphatic heterocycles. The highest BCUT2D eigenvalue weighted by Crippen LogP contribution is 2.21. The van der Waals surface area contributed by atoms with Crippen molar-refractivity contribution in [2.75, 3.05) is 0 Å². The maximum Gasteiger partial charge on any atom is 0.137 e. The number of halogens is 1. The zero-order valence-electron chi connectivity index (χ0n) is 8.85. The van der Waals surface area contributed by atoms with E-state index in [0.717, 1.165) is 22.1 Å². The van der Waals surface area contributed by atoms with E-state index >= 15 is 0 Å². The minimum Gasteiger partial charge on any atom is -0.339 e. The number of hydrogen-bond acceptors (Lipinski definition) is 2. The van der Waals surface area contributed by atoms with Gasteiger partial charge in [-0.25, -0.2) is 4.98 Å². The van der Waals surface area contributed by atoms with Gasteiger partial charge in [0.2, 0.25) is 0 Å². The zero-order valence-corrected chi connectivity index (χ0v) is 11.3. The summed E-state index contributed by atoms with van der Waals surface area (Å²) in [6.45, 7) is 2.97. The van der Waals surface area contributed by atoms with E-state index < -0.39 is 0 Å². The summed E-state index contributed by atoms with van der Waals surface area (Å²) in [4.78, 5) is 4.21.